The molecular weight excluding hydrogens is 328 g/mol. The largest absolute Gasteiger partial charge is 0.356 e. The molecule has 1 aromatic heterocycles. The van der Waals surface area contributed by atoms with E-state index in [0.29, 0.717) is 12.5 Å². The summed E-state index contributed by atoms with van der Waals surface area (Å²) in [5.41, 5.74) is 3.43. The summed E-state index contributed by atoms with van der Waals surface area (Å²) in [4.78, 5) is 26.9. The average Bonchev–Trinajstić information content (AvgIpc) is 3.29. The molecule has 3 rings (SSSR count). The molecule has 1 aromatic rings. The fourth-order valence-electron chi connectivity index (χ4n) is 4.36. The van der Waals surface area contributed by atoms with Crippen molar-refractivity contribution in [3.05, 3.63) is 17.0 Å². The summed E-state index contributed by atoms with van der Waals surface area (Å²) in [5.74, 6) is 0.779. The molecule has 0 radical (unpaired) electrons. The molecule has 2 amide bonds. The molecule has 1 aliphatic heterocycles. The molecule has 1 saturated carbocycles. The van der Waals surface area contributed by atoms with E-state index in [2.05, 4.69) is 15.5 Å². The van der Waals surface area contributed by atoms with Crippen molar-refractivity contribution in [3.63, 3.8) is 0 Å². The first-order valence-electron chi connectivity index (χ1n) is 10.1. The maximum atomic E-state index is 12.5. The van der Waals surface area contributed by atoms with Crippen LogP contribution in [-0.2, 0) is 16.0 Å². The first kappa shape index (κ1) is 18.9. The molecule has 1 saturated heterocycles. The second-order valence-corrected chi connectivity index (χ2v) is 7.89. The van der Waals surface area contributed by atoms with E-state index in [0.717, 1.165) is 63.0 Å². The van der Waals surface area contributed by atoms with Gasteiger partial charge in [0.15, 0.2) is 0 Å². The van der Waals surface area contributed by atoms with Crippen LogP contribution in [0.2, 0.25) is 0 Å². The summed E-state index contributed by atoms with van der Waals surface area (Å²) in [5, 5.41) is 10.3. The Hall–Kier alpha value is -1.85. The predicted molar refractivity (Wildman–Crippen MR) is 101 cm³/mol. The van der Waals surface area contributed by atoms with Crippen molar-refractivity contribution in [2.45, 2.75) is 65.2 Å². The maximum absolute atomic E-state index is 12.5. The van der Waals surface area contributed by atoms with Crippen LogP contribution in [0.1, 0.15) is 61.9 Å². The smallest absolute Gasteiger partial charge is 0.225 e. The van der Waals surface area contributed by atoms with Gasteiger partial charge in [-0.05, 0) is 57.9 Å². The summed E-state index contributed by atoms with van der Waals surface area (Å²) in [7, 11) is 0. The lowest BCUT2D eigenvalue weighted by atomic mass is 9.94. The Morgan fingerprint density at radius 1 is 1.12 bits per heavy atom. The molecular formula is C20H32N4O2. The van der Waals surface area contributed by atoms with E-state index in [9.17, 15) is 9.59 Å². The van der Waals surface area contributed by atoms with Crippen LogP contribution in [0.3, 0.4) is 0 Å². The number of nitrogens with zero attached hydrogens (tertiary/aromatic N) is 2. The number of hydrogen-bond acceptors (Lipinski definition) is 3. The number of aromatic amines is 1. The van der Waals surface area contributed by atoms with Crippen LogP contribution in [0.4, 0.5) is 0 Å². The number of carbonyl (C=O) groups excluding carboxylic acids is 2. The van der Waals surface area contributed by atoms with Crippen molar-refractivity contribution < 1.29 is 9.59 Å². The quantitative estimate of drug-likeness (QED) is 0.765. The minimum absolute atomic E-state index is 0.0556. The van der Waals surface area contributed by atoms with E-state index in [1.165, 1.54) is 18.4 Å². The molecule has 144 valence electrons. The third-order valence-corrected chi connectivity index (χ3v) is 6.07. The van der Waals surface area contributed by atoms with Gasteiger partial charge in [-0.2, -0.15) is 5.10 Å². The average molecular weight is 361 g/mol. The fourth-order valence-corrected chi connectivity index (χ4v) is 4.36. The summed E-state index contributed by atoms with van der Waals surface area (Å²) >= 11 is 0. The minimum Gasteiger partial charge on any atom is -0.356 e. The number of piperidine rings is 1. The number of rotatable bonds is 6. The number of aryl methyl sites for hydroxylation is 2. The van der Waals surface area contributed by atoms with Crippen LogP contribution in [0.15, 0.2) is 0 Å². The van der Waals surface area contributed by atoms with Crippen molar-refractivity contribution in [1.82, 2.24) is 20.4 Å². The highest BCUT2D eigenvalue weighted by molar-refractivity contribution is 5.81. The van der Waals surface area contributed by atoms with Gasteiger partial charge in [0.2, 0.25) is 11.8 Å². The van der Waals surface area contributed by atoms with Crippen LogP contribution in [0.25, 0.3) is 0 Å². The summed E-state index contributed by atoms with van der Waals surface area (Å²) in [6, 6.07) is 0. The Morgan fingerprint density at radius 3 is 2.42 bits per heavy atom. The Kier molecular flexibility index (Phi) is 6.33. The number of hydrogen-bond donors (Lipinski definition) is 2. The highest BCUT2D eigenvalue weighted by Crippen LogP contribution is 2.28. The normalized spacial score (nSPS) is 19.1. The molecule has 0 aromatic carbocycles. The lowest BCUT2D eigenvalue weighted by Crippen LogP contribution is -2.44. The van der Waals surface area contributed by atoms with Crippen molar-refractivity contribution in [1.29, 1.82) is 0 Å². The number of nitrogens with one attached hydrogen (secondary N) is 2. The van der Waals surface area contributed by atoms with E-state index in [4.69, 9.17) is 0 Å². The molecule has 0 atom stereocenters. The fraction of sp³-hybridized carbons (Fsp3) is 0.750. The topological polar surface area (TPSA) is 78.1 Å². The molecule has 1 aliphatic carbocycles. The highest BCUT2D eigenvalue weighted by Gasteiger charge is 2.31. The lowest BCUT2D eigenvalue weighted by molar-refractivity contribution is -0.139. The van der Waals surface area contributed by atoms with E-state index in [-0.39, 0.29) is 17.7 Å². The Morgan fingerprint density at radius 2 is 1.81 bits per heavy atom. The zero-order valence-electron chi connectivity index (χ0n) is 16.1. The number of H-pyrrole nitrogens is 1. The van der Waals surface area contributed by atoms with E-state index in [1.807, 2.05) is 18.7 Å². The van der Waals surface area contributed by atoms with Crippen LogP contribution in [-0.4, -0.2) is 46.5 Å². The predicted octanol–water partition coefficient (Wildman–Crippen LogP) is 2.50. The molecule has 0 spiro atoms. The molecule has 2 fully saturated rings. The second-order valence-electron chi connectivity index (χ2n) is 7.89. The van der Waals surface area contributed by atoms with Gasteiger partial charge in [-0.1, -0.05) is 12.8 Å². The Labute approximate surface area is 156 Å². The van der Waals surface area contributed by atoms with Crippen LogP contribution >= 0.6 is 0 Å². The Balaban J connectivity index is 1.35. The highest BCUT2D eigenvalue weighted by atomic mass is 16.2. The first-order valence-corrected chi connectivity index (χ1v) is 10.1. The van der Waals surface area contributed by atoms with Crippen LogP contribution < -0.4 is 5.32 Å². The molecule has 2 heterocycles. The van der Waals surface area contributed by atoms with Crippen molar-refractivity contribution in [2.24, 2.45) is 11.8 Å². The van der Waals surface area contributed by atoms with Crippen molar-refractivity contribution >= 4 is 11.8 Å². The SMILES string of the molecule is Cc1n[nH]c(C)c1CCCNC(=O)C1CCN(C(=O)C2CCCC2)CC1. The number of likely N-dealkylation sites (tertiary alicyclic amines) is 1. The van der Waals surface area contributed by atoms with Gasteiger partial charge in [0.25, 0.3) is 0 Å². The van der Waals surface area contributed by atoms with Gasteiger partial charge >= 0.3 is 0 Å². The molecule has 2 aliphatic rings. The maximum Gasteiger partial charge on any atom is 0.225 e. The molecule has 2 N–H and O–H groups in total. The van der Waals surface area contributed by atoms with Gasteiger partial charge in [0.05, 0.1) is 5.69 Å². The van der Waals surface area contributed by atoms with Gasteiger partial charge in [0, 0.05) is 37.2 Å². The van der Waals surface area contributed by atoms with E-state index < -0.39 is 0 Å². The lowest BCUT2D eigenvalue weighted by Gasteiger charge is -2.33. The van der Waals surface area contributed by atoms with E-state index >= 15 is 0 Å². The number of aromatic nitrogens is 2. The van der Waals surface area contributed by atoms with Crippen molar-refractivity contribution in [3.8, 4) is 0 Å². The van der Waals surface area contributed by atoms with Crippen LogP contribution in [0, 0.1) is 25.7 Å². The standard InChI is InChI=1S/C20H32N4O2/c1-14-18(15(2)23-22-14)8-5-11-21-19(25)16-9-12-24(13-10-16)20(26)17-6-3-4-7-17/h16-17H,3-13H2,1-2H3,(H,21,25)(H,22,23). The third kappa shape index (κ3) is 4.46. The van der Waals surface area contributed by atoms with Crippen molar-refractivity contribution in [2.75, 3.05) is 19.6 Å². The summed E-state index contributed by atoms with van der Waals surface area (Å²) in [6.45, 7) is 6.22. The zero-order valence-corrected chi connectivity index (χ0v) is 16.1. The monoisotopic (exact) mass is 360 g/mol. The Bertz CT molecular complexity index is 606. The van der Waals surface area contributed by atoms with Gasteiger partial charge in [-0.3, -0.25) is 14.7 Å². The molecule has 26 heavy (non-hydrogen) atoms. The summed E-state index contributed by atoms with van der Waals surface area (Å²) in [6.07, 6.45) is 7.92. The zero-order chi connectivity index (χ0) is 18.5. The third-order valence-electron chi connectivity index (χ3n) is 6.07. The minimum atomic E-state index is 0.0556. The molecule has 6 heteroatoms. The van der Waals surface area contributed by atoms with Gasteiger partial charge < -0.3 is 10.2 Å². The second kappa shape index (κ2) is 8.69. The molecule has 6 nitrogen and oxygen atoms in total. The van der Waals surface area contributed by atoms with Gasteiger partial charge in [0.1, 0.15) is 0 Å². The first-order chi connectivity index (χ1) is 12.6. The van der Waals surface area contributed by atoms with E-state index in [1.54, 1.807) is 0 Å². The van der Waals surface area contributed by atoms with Gasteiger partial charge in [-0.15, -0.1) is 0 Å². The van der Waals surface area contributed by atoms with Crippen LogP contribution in [0.5, 0.6) is 0 Å². The molecule has 0 bridgehead atoms. The number of carbonyl (C=O) groups is 2. The molecule has 0 unspecified atom stereocenters. The van der Waals surface area contributed by atoms with Gasteiger partial charge in [-0.25, -0.2) is 0 Å². The number of amides is 2. The summed E-state index contributed by atoms with van der Waals surface area (Å²) < 4.78 is 0.